The van der Waals surface area contributed by atoms with Crippen molar-refractivity contribution in [1.82, 2.24) is 9.97 Å². The van der Waals surface area contributed by atoms with Crippen LogP contribution in [0.2, 0.25) is 5.02 Å². The van der Waals surface area contributed by atoms with Gasteiger partial charge in [-0.1, -0.05) is 11.6 Å². The lowest BCUT2D eigenvalue weighted by Gasteiger charge is -2.19. The SMILES string of the molecule is CCN(CC)c1nc(N)c2ccc(Cl)cc2n1. The molecule has 0 saturated carbocycles. The summed E-state index contributed by atoms with van der Waals surface area (Å²) in [6.07, 6.45) is 0. The van der Waals surface area contributed by atoms with E-state index < -0.39 is 0 Å². The third kappa shape index (κ3) is 2.26. The number of rotatable bonds is 3. The highest BCUT2D eigenvalue weighted by Gasteiger charge is 2.09. The first-order chi connectivity index (χ1) is 8.15. The third-order valence-electron chi connectivity index (χ3n) is 2.72. The molecule has 1 heterocycles. The van der Waals surface area contributed by atoms with Crippen LogP contribution in [0.1, 0.15) is 13.8 Å². The van der Waals surface area contributed by atoms with Gasteiger partial charge in [0.05, 0.1) is 5.52 Å². The zero-order valence-corrected chi connectivity index (χ0v) is 10.7. The van der Waals surface area contributed by atoms with Gasteiger partial charge in [-0.05, 0) is 32.0 Å². The standard InChI is InChI=1S/C12H15ClN4/c1-3-17(4-2)12-15-10-7-8(13)5-6-9(10)11(14)16-12/h5-7H,3-4H2,1-2H3,(H2,14,15,16). The molecular weight excluding hydrogens is 236 g/mol. The van der Waals surface area contributed by atoms with Gasteiger partial charge in [-0.3, -0.25) is 0 Å². The molecule has 0 fully saturated rings. The molecule has 0 amide bonds. The average molecular weight is 251 g/mol. The predicted octanol–water partition coefficient (Wildman–Crippen LogP) is 2.71. The van der Waals surface area contributed by atoms with Crippen LogP contribution in [0.25, 0.3) is 10.9 Å². The summed E-state index contributed by atoms with van der Waals surface area (Å²) in [4.78, 5) is 10.9. The Bertz CT molecular complexity index is 537. The van der Waals surface area contributed by atoms with Gasteiger partial charge < -0.3 is 10.6 Å². The molecule has 1 aromatic heterocycles. The van der Waals surface area contributed by atoms with Crippen LogP contribution in [-0.2, 0) is 0 Å². The van der Waals surface area contributed by atoms with E-state index in [1.54, 1.807) is 6.07 Å². The monoisotopic (exact) mass is 250 g/mol. The second-order valence-electron chi connectivity index (χ2n) is 3.74. The zero-order chi connectivity index (χ0) is 12.4. The molecule has 0 aliphatic rings. The maximum atomic E-state index is 5.96. The van der Waals surface area contributed by atoms with Crippen molar-refractivity contribution in [2.75, 3.05) is 23.7 Å². The van der Waals surface area contributed by atoms with Gasteiger partial charge in [0.1, 0.15) is 5.82 Å². The third-order valence-corrected chi connectivity index (χ3v) is 2.96. The number of nitrogens with two attached hydrogens (primary N) is 1. The van der Waals surface area contributed by atoms with Crippen LogP contribution in [-0.4, -0.2) is 23.1 Å². The molecule has 4 nitrogen and oxygen atoms in total. The number of nitrogen functional groups attached to an aromatic ring is 1. The fourth-order valence-corrected chi connectivity index (χ4v) is 1.93. The lowest BCUT2D eigenvalue weighted by atomic mass is 10.2. The Balaban J connectivity index is 2.60. The number of nitrogens with zero attached hydrogens (tertiary/aromatic N) is 3. The van der Waals surface area contributed by atoms with Gasteiger partial charge in [-0.25, -0.2) is 4.98 Å². The van der Waals surface area contributed by atoms with Crippen molar-refractivity contribution in [1.29, 1.82) is 0 Å². The molecule has 1 aromatic carbocycles. The van der Waals surface area contributed by atoms with Gasteiger partial charge in [0.15, 0.2) is 0 Å². The van der Waals surface area contributed by atoms with Crippen LogP contribution in [0.15, 0.2) is 18.2 Å². The minimum atomic E-state index is 0.494. The predicted molar refractivity (Wildman–Crippen MR) is 72.5 cm³/mol. The molecule has 2 rings (SSSR count). The van der Waals surface area contributed by atoms with Crippen molar-refractivity contribution >= 4 is 34.3 Å². The number of anilines is 2. The van der Waals surface area contributed by atoms with E-state index in [0.717, 1.165) is 24.0 Å². The van der Waals surface area contributed by atoms with Crippen LogP contribution < -0.4 is 10.6 Å². The summed E-state index contributed by atoms with van der Waals surface area (Å²) in [6.45, 7) is 5.82. The van der Waals surface area contributed by atoms with Crippen molar-refractivity contribution < 1.29 is 0 Å². The lowest BCUT2D eigenvalue weighted by Crippen LogP contribution is -2.24. The molecule has 0 saturated heterocycles. The second-order valence-corrected chi connectivity index (χ2v) is 4.18. The van der Waals surface area contributed by atoms with Crippen LogP contribution in [0.5, 0.6) is 0 Å². The Hall–Kier alpha value is -1.55. The summed E-state index contributed by atoms with van der Waals surface area (Å²) >= 11 is 5.96. The molecule has 0 atom stereocenters. The Morgan fingerprint density at radius 2 is 1.94 bits per heavy atom. The molecule has 0 aliphatic carbocycles. The molecule has 0 bridgehead atoms. The van der Waals surface area contributed by atoms with E-state index >= 15 is 0 Å². The molecule has 90 valence electrons. The minimum absolute atomic E-state index is 0.494. The number of fused-ring (bicyclic) bond motifs is 1. The van der Waals surface area contributed by atoms with Crippen LogP contribution >= 0.6 is 11.6 Å². The first-order valence-corrected chi connectivity index (χ1v) is 6.01. The van der Waals surface area contributed by atoms with E-state index in [4.69, 9.17) is 17.3 Å². The number of halogens is 1. The Morgan fingerprint density at radius 3 is 2.59 bits per heavy atom. The Labute approximate surface area is 105 Å². The number of aromatic nitrogens is 2. The average Bonchev–Trinajstić information content (AvgIpc) is 2.30. The van der Waals surface area contributed by atoms with Gasteiger partial charge in [0.2, 0.25) is 5.95 Å². The summed E-state index contributed by atoms with van der Waals surface area (Å²) in [5, 5.41) is 1.49. The first-order valence-electron chi connectivity index (χ1n) is 5.63. The first kappa shape index (κ1) is 11.9. The largest absolute Gasteiger partial charge is 0.383 e. The highest BCUT2D eigenvalue weighted by Crippen LogP contribution is 2.24. The van der Waals surface area contributed by atoms with Crippen LogP contribution in [0, 0.1) is 0 Å². The smallest absolute Gasteiger partial charge is 0.227 e. The minimum Gasteiger partial charge on any atom is -0.383 e. The van der Waals surface area contributed by atoms with Gasteiger partial charge in [-0.15, -0.1) is 0 Å². The highest BCUT2D eigenvalue weighted by molar-refractivity contribution is 6.31. The van der Waals surface area contributed by atoms with Crippen molar-refractivity contribution in [3.8, 4) is 0 Å². The maximum Gasteiger partial charge on any atom is 0.227 e. The van der Waals surface area contributed by atoms with Gasteiger partial charge >= 0.3 is 0 Å². The normalized spacial score (nSPS) is 10.8. The van der Waals surface area contributed by atoms with Gasteiger partial charge in [0, 0.05) is 23.5 Å². The topological polar surface area (TPSA) is 55.0 Å². The molecule has 0 spiro atoms. The van der Waals surface area contributed by atoms with E-state index in [1.165, 1.54) is 0 Å². The summed E-state index contributed by atoms with van der Waals surface area (Å²) < 4.78 is 0. The van der Waals surface area contributed by atoms with Crippen molar-refractivity contribution in [3.05, 3.63) is 23.2 Å². The summed E-state index contributed by atoms with van der Waals surface area (Å²) in [6, 6.07) is 5.45. The van der Waals surface area contributed by atoms with E-state index in [2.05, 4.69) is 28.7 Å². The molecule has 0 radical (unpaired) electrons. The van der Waals surface area contributed by atoms with Gasteiger partial charge in [-0.2, -0.15) is 4.98 Å². The molecule has 2 aromatic rings. The van der Waals surface area contributed by atoms with Crippen molar-refractivity contribution in [2.24, 2.45) is 0 Å². The quantitative estimate of drug-likeness (QED) is 0.910. The number of hydrogen-bond acceptors (Lipinski definition) is 4. The maximum absolute atomic E-state index is 5.96. The summed E-state index contributed by atoms with van der Waals surface area (Å²) in [5.41, 5.74) is 6.72. The lowest BCUT2D eigenvalue weighted by molar-refractivity contribution is 0.827. The van der Waals surface area contributed by atoms with E-state index in [1.807, 2.05) is 12.1 Å². The molecule has 5 heteroatoms. The number of benzene rings is 1. The van der Waals surface area contributed by atoms with E-state index in [-0.39, 0.29) is 0 Å². The molecule has 0 aliphatic heterocycles. The molecular formula is C12H15ClN4. The van der Waals surface area contributed by atoms with Crippen LogP contribution in [0.3, 0.4) is 0 Å². The Morgan fingerprint density at radius 1 is 1.24 bits per heavy atom. The summed E-state index contributed by atoms with van der Waals surface area (Å²) in [5.74, 6) is 1.15. The molecule has 2 N–H and O–H groups in total. The molecule has 0 unspecified atom stereocenters. The second kappa shape index (κ2) is 4.75. The fraction of sp³-hybridized carbons (Fsp3) is 0.333. The fourth-order valence-electron chi connectivity index (χ4n) is 1.76. The van der Waals surface area contributed by atoms with Crippen molar-refractivity contribution in [2.45, 2.75) is 13.8 Å². The van der Waals surface area contributed by atoms with Crippen LogP contribution in [0.4, 0.5) is 11.8 Å². The molecule has 17 heavy (non-hydrogen) atoms. The summed E-state index contributed by atoms with van der Waals surface area (Å²) in [7, 11) is 0. The zero-order valence-electron chi connectivity index (χ0n) is 9.94. The van der Waals surface area contributed by atoms with Gasteiger partial charge in [0.25, 0.3) is 0 Å². The van der Waals surface area contributed by atoms with E-state index in [9.17, 15) is 0 Å². The van der Waals surface area contributed by atoms with Crippen molar-refractivity contribution in [3.63, 3.8) is 0 Å². The Kier molecular flexibility index (Phi) is 3.33. The van der Waals surface area contributed by atoms with E-state index in [0.29, 0.717) is 16.8 Å². The highest BCUT2D eigenvalue weighted by atomic mass is 35.5. The number of hydrogen-bond donors (Lipinski definition) is 1.